The van der Waals surface area contributed by atoms with Gasteiger partial charge in [-0.3, -0.25) is 0 Å². The van der Waals surface area contributed by atoms with Crippen molar-refractivity contribution < 1.29 is 9.13 Å². The quantitative estimate of drug-likeness (QED) is 0.492. The van der Waals surface area contributed by atoms with E-state index in [-0.39, 0.29) is 5.82 Å². The minimum Gasteiger partial charge on any atom is -0.497 e. The van der Waals surface area contributed by atoms with E-state index in [2.05, 4.69) is 15.9 Å². The van der Waals surface area contributed by atoms with Crippen LogP contribution in [0.4, 0.5) is 4.39 Å². The van der Waals surface area contributed by atoms with Gasteiger partial charge in [0.1, 0.15) is 11.6 Å². The Kier molecular flexibility index (Phi) is 5.11. The SMILES string of the molecule is COc1ccc(/C(=C(\Br)c2cccc(F)c2)c2ccccc2)cc1. The number of hydrogen-bond acceptors (Lipinski definition) is 1. The van der Waals surface area contributed by atoms with Gasteiger partial charge in [-0.25, -0.2) is 4.39 Å². The van der Waals surface area contributed by atoms with Gasteiger partial charge in [-0.1, -0.05) is 54.6 Å². The molecule has 0 heterocycles. The van der Waals surface area contributed by atoms with Crippen LogP contribution in [0.15, 0.2) is 78.9 Å². The van der Waals surface area contributed by atoms with Gasteiger partial charge < -0.3 is 4.74 Å². The van der Waals surface area contributed by atoms with E-state index in [1.54, 1.807) is 13.2 Å². The Labute approximate surface area is 149 Å². The molecule has 3 aromatic rings. The topological polar surface area (TPSA) is 9.23 Å². The first-order chi connectivity index (χ1) is 11.7. The minimum atomic E-state index is -0.258. The highest BCUT2D eigenvalue weighted by atomic mass is 79.9. The maximum Gasteiger partial charge on any atom is 0.123 e. The van der Waals surface area contributed by atoms with Crippen LogP contribution in [-0.2, 0) is 0 Å². The molecule has 0 spiro atoms. The Bertz CT molecular complexity index is 855. The average Bonchev–Trinajstić information content (AvgIpc) is 2.63. The van der Waals surface area contributed by atoms with Crippen molar-refractivity contribution in [3.8, 4) is 5.75 Å². The molecule has 0 aliphatic rings. The second-order valence-corrected chi connectivity index (χ2v) is 6.09. The van der Waals surface area contributed by atoms with Crippen molar-refractivity contribution in [1.82, 2.24) is 0 Å². The van der Waals surface area contributed by atoms with Crippen molar-refractivity contribution in [2.75, 3.05) is 7.11 Å². The van der Waals surface area contributed by atoms with E-state index in [4.69, 9.17) is 4.74 Å². The second-order valence-electron chi connectivity index (χ2n) is 5.29. The van der Waals surface area contributed by atoms with Crippen molar-refractivity contribution in [1.29, 1.82) is 0 Å². The first-order valence-electron chi connectivity index (χ1n) is 7.54. The summed E-state index contributed by atoms with van der Waals surface area (Å²) in [6.45, 7) is 0. The molecule has 0 atom stereocenters. The third-order valence-corrected chi connectivity index (χ3v) is 4.59. The molecule has 0 bridgehead atoms. The molecule has 3 heteroatoms. The fraction of sp³-hybridized carbons (Fsp3) is 0.0476. The normalized spacial score (nSPS) is 11.8. The van der Waals surface area contributed by atoms with Crippen LogP contribution in [0.1, 0.15) is 16.7 Å². The number of halogens is 2. The molecule has 0 unspecified atom stereocenters. The molecular weight excluding hydrogens is 367 g/mol. The van der Waals surface area contributed by atoms with Crippen molar-refractivity contribution in [3.63, 3.8) is 0 Å². The summed E-state index contributed by atoms with van der Waals surface area (Å²) in [6.07, 6.45) is 0. The Morgan fingerprint density at radius 2 is 1.42 bits per heavy atom. The van der Waals surface area contributed by atoms with Gasteiger partial charge in [0.15, 0.2) is 0 Å². The molecule has 0 radical (unpaired) electrons. The molecule has 0 aliphatic heterocycles. The Hall–Kier alpha value is -2.39. The molecule has 24 heavy (non-hydrogen) atoms. The fourth-order valence-corrected chi connectivity index (χ4v) is 3.26. The summed E-state index contributed by atoms with van der Waals surface area (Å²) in [7, 11) is 1.64. The van der Waals surface area contributed by atoms with Crippen LogP contribution >= 0.6 is 15.9 Å². The van der Waals surface area contributed by atoms with E-state index in [1.807, 2.05) is 60.7 Å². The lowest BCUT2D eigenvalue weighted by molar-refractivity contribution is 0.415. The van der Waals surface area contributed by atoms with Crippen molar-refractivity contribution in [3.05, 3.63) is 101 Å². The second kappa shape index (κ2) is 7.45. The third kappa shape index (κ3) is 3.57. The smallest absolute Gasteiger partial charge is 0.123 e. The minimum absolute atomic E-state index is 0.258. The van der Waals surface area contributed by atoms with E-state index in [0.717, 1.165) is 32.5 Å². The number of benzene rings is 3. The van der Waals surface area contributed by atoms with E-state index >= 15 is 0 Å². The zero-order valence-electron chi connectivity index (χ0n) is 13.2. The van der Waals surface area contributed by atoms with Crippen LogP contribution in [-0.4, -0.2) is 7.11 Å². The molecule has 0 aliphatic carbocycles. The lowest BCUT2D eigenvalue weighted by Crippen LogP contribution is -1.92. The summed E-state index contributed by atoms with van der Waals surface area (Å²) in [5.74, 6) is 0.541. The van der Waals surface area contributed by atoms with Crippen LogP contribution in [0.5, 0.6) is 5.75 Å². The lowest BCUT2D eigenvalue weighted by atomic mass is 9.95. The zero-order valence-corrected chi connectivity index (χ0v) is 14.8. The summed E-state index contributed by atoms with van der Waals surface area (Å²) < 4.78 is 19.7. The first kappa shape index (κ1) is 16.5. The van der Waals surface area contributed by atoms with Crippen molar-refractivity contribution in [2.45, 2.75) is 0 Å². The Morgan fingerprint density at radius 3 is 2.04 bits per heavy atom. The predicted molar refractivity (Wildman–Crippen MR) is 101 cm³/mol. The van der Waals surface area contributed by atoms with Crippen molar-refractivity contribution >= 4 is 26.0 Å². The number of rotatable bonds is 4. The summed E-state index contributed by atoms with van der Waals surface area (Å²) in [4.78, 5) is 0. The van der Waals surface area contributed by atoms with Gasteiger partial charge >= 0.3 is 0 Å². The van der Waals surface area contributed by atoms with Crippen molar-refractivity contribution in [2.24, 2.45) is 0 Å². The van der Waals surface area contributed by atoms with Crippen LogP contribution in [0, 0.1) is 5.82 Å². The lowest BCUT2D eigenvalue weighted by Gasteiger charge is -2.13. The third-order valence-electron chi connectivity index (χ3n) is 3.74. The zero-order chi connectivity index (χ0) is 16.9. The number of ether oxygens (including phenoxy) is 1. The van der Waals surface area contributed by atoms with Gasteiger partial charge in [-0.15, -0.1) is 0 Å². The maximum absolute atomic E-state index is 13.6. The van der Waals surface area contributed by atoms with Crippen LogP contribution < -0.4 is 4.74 Å². The van der Waals surface area contributed by atoms with Crippen LogP contribution in [0.25, 0.3) is 10.1 Å². The number of methoxy groups -OCH3 is 1. The largest absolute Gasteiger partial charge is 0.497 e. The van der Waals surface area contributed by atoms with Gasteiger partial charge in [-0.2, -0.15) is 0 Å². The molecule has 1 nitrogen and oxygen atoms in total. The van der Waals surface area contributed by atoms with Gasteiger partial charge in [0.05, 0.1) is 7.11 Å². The number of hydrogen-bond donors (Lipinski definition) is 0. The highest BCUT2D eigenvalue weighted by Gasteiger charge is 2.12. The first-order valence-corrected chi connectivity index (χ1v) is 8.34. The molecule has 0 aromatic heterocycles. The summed E-state index contributed by atoms with van der Waals surface area (Å²) in [5, 5.41) is 0. The maximum atomic E-state index is 13.6. The molecule has 0 N–H and O–H groups in total. The van der Waals surface area contributed by atoms with E-state index in [1.165, 1.54) is 12.1 Å². The fourth-order valence-electron chi connectivity index (χ4n) is 2.55. The molecular formula is C21H16BrFO. The van der Waals surface area contributed by atoms with Gasteiger partial charge in [0.2, 0.25) is 0 Å². The average molecular weight is 383 g/mol. The molecule has 0 amide bonds. The Balaban J connectivity index is 2.19. The molecule has 0 saturated carbocycles. The molecule has 120 valence electrons. The summed E-state index contributed by atoms with van der Waals surface area (Å²) in [6, 6.07) is 24.5. The van der Waals surface area contributed by atoms with E-state index < -0.39 is 0 Å². The molecule has 3 rings (SSSR count). The van der Waals surface area contributed by atoms with Gasteiger partial charge in [0.25, 0.3) is 0 Å². The van der Waals surface area contributed by atoms with Gasteiger partial charge in [0, 0.05) is 10.1 Å². The highest BCUT2D eigenvalue weighted by molar-refractivity contribution is 9.15. The summed E-state index contributed by atoms with van der Waals surface area (Å²) in [5.41, 5.74) is 3.88. The molecule has 0 saturated heterocycles. The van der Waals surface area contributed by atoms with Crippen LogP contribution in [0.2, 0.25) is 0 Å². The molecule has 0 fully saturated rings. The highest BCUT2D eigenvalue weighted by Crippen LogP contribution is 2.36. The van der Waals surface area contributed by atoms with Crippen LogP contribution in [0.3, 0.4) is 0 Å². The Morgan fingerprint density at radius 1 is 0.792 bits per heavy atom. The van der Waals surface area contributed by atoms with E-state index in [0.29, 0.717) is 0 Å². The predicted octanol–water partition coefficient (Wildman–Crippen LogP) is 6.15. The standard InChI is InChI=1S/C21H16BrFO/c1-24-19-12-10-16(11-13-19)20(15-6-3-2-4-7-15)21(22)17-8-5-9-18(23)14-17/h2-14H,1H3/b21-20-. The monoisotopic (exact) mass is 382 g/mol. The van der Waals surface area contributed by atoms with Gasteiger partial charge in [-0.05, 0) is 56.9 Å². The van der Waals surface area contributed by atoms with E-state index in [9.17, 15) is 4.39 Å². The molecule has 3 aromatic carbocycles. The summed E-state index contributed by atoms with van der Waals surface area (Å²) >= 11 is 3.68.